The Hall–Kier alpha value is 8.23. The minimum Gasteiger partial charge on any atom is -0.822 e. The number of phosphoric acid groups is 4. The smallest absolute Gasteiger partial charge is 0.822 e. The quantitative estimate of drug-likeness (QED) is 0.161. The van der Waals surface area contributed by atoms with Gasteiger partial charge in [0.15, 0.2) is 0 Å². The number of hydrogen-bond donors (Lipinski definition) is 0. The van der Waals surface area contributed by atoms with Crippen molar-refractivity contribution in [2.75, 3.05) is 0 Å². The van der Waals surface area contributed by atoms with Gasteiger partial charge in [-0.05, 0) is 0 Å². The fraction of sp³-hybridized carbons (Fsp3) is 0. The molecule has 0 heterocycles. The predicted octanol–water partition coefficient (Wildman–Crippen LogP) is -11.3. The van der Waals surface area contributed by atoms with Crippen LogP contribution in [0.4, 0.5) is 0 Å². The van der Waals surface area contributed by atoms with Gasteiger partial charge in [0, 0.05) is 165 Å². The van der Waals surface area contributed by atoms with Crippen LogP contribution in [-0.2, 0) is 262 Å². The molecule has 0 aliphatic rings. The summed E-state index contributed by atoms with van der Waals surface area (Å²) >= 11 is 0. The second-order valence-electron chi connectivity index (χ2n) is 1.79. The fourth-order valence-corrected chi connectivity index (χ4v) is 0. The molecule has 3 radical (unpaired) electrons. The first kappa shape index (κ1) is 105. The Labute approximate surface area is 345 Å². The molecule has 32 heteroatoms. The van der Waals surface area contributed by atoms with Crippen molar-refractivity contribution in [3.63, 3.8) is 0 Å². The molecule has 0 atom stereocenters. The molecule has 0 aromatic rings. The molecule has 0 aliphatic carbocycles. The molecule has 0 aliphatic heterocycles. The van der Waals surface area contributed by atoms with Crippen LogP contribution in [0.2, 0.25) is 0 Å². The predicted molar refractivity (Wildman–Crippen MR) is 30.4 cm³/mol. The Morgan fingerprint density at radius 2 is 0.312 bits per heavy atom. The average Bonchev–Trinajstić information content (AvgIpc) is 1.62. The van der Waals surface area contributed by atoms with Crippen LogP contribution in [0.5, 0.6) is 0 Å². The van der Waals surface area contributed by atoms with Crippen LogP contribution in [-0.4, -0.2) is 0 Å². The van der Waals surface area contributed by atoms with E-state index in [1.165, 1.54) is 0 Å². The van der Waals surface area contributed by atoms with Crippen molar-refractivity contribution in [1.82, 2.24) is 0 Å². The molecule has 0 saturated carbocycles. The zero-order chi connectivity index (χ0) is 18.0. The fourth-order valence-electron chi connectivity index (χ4n) is 0. The van der Waals surface area contributed by atoms with Gasteiger partial charge in [-0.3, -0.25) is 0 Å². The van der Waals surface area contributed by atoms with Gasteiger partial charge in [-0.2, -0.15) is 31.3 Å². The summed E-state index contributed by atoms with van der Waals surface area (Å²) < 4.78 is 34.2. The van der Waals surface area contributed by atoms with Crippen molar-refractivity contribution in [1.29, 1.82) is 0 Å². The first-order valence-electron chi connectivity index (χ1n) is 2.92. The van der Waals surface area contributed by atoms with Crippen LogP contribution < -0.4 is 58.7 Å². The third-order valence-corrected chi connectivity index (χ3v) is 0. The van der Waals surface area contributed by atoms with Crippen LogP contribution in [0.3, 0.4) is 0 Å². The summed E-state index contributed by atoms with van der Waals surface area (Å²) in [6, 6.07) is 0. The number of hydrogen-bond acceptors (Lipinski definition) is 16. The molecule has 0 spiro atoms. The van der Waals surface area contributed by atoms with E-state index >= 15 is 0 Å². The average molecular weight is 1150 g/mol. The van der Waals surface area contributed by atoms with E-state index in [-0.39, 0.29) is 244 Å². The summed E-state index contributed by atoms with van der Waals surface area (Å²) in [5.41, 5.74) is 0. The Morgan fingerprint density at radius 3 is 0.312 bits per heavy atom. The van der Waals surface area contributed by atoms with Crippen molar-refractivity contribution in [2.45, 2.75) is 0 Å². The molecule has 0 fully saturated rings. The minimum absolute atomic E-state index is 0. The van der Waals surface area contributed by atoms with Crippen molar-refractivity contribution in [3.05, 3.63) is 0 Å². The molecule has 197 valence electrons. The van der Waals surface area contributed by atoms with Gasteiger partial charge in [0.1, 0.15) is 0 Å². The largest absolute Gasteiger partial charge is 4.00 e. The molecule has 0 bridgehead atoms. The molecule has 0 aromatic heterocycles. The Balaban J connectivity index is -0.00000000677. The normalized spacial score (nSPS) is 7.38. The van der Waals surface area contributed by atoms with Crippen molar-refractivity contribution >= 4 is 31.3 Å². The maximum atomic E-state index is 8.55. The third-order valence-electron chi connectivity index (χ3n) is 0. The maximum Gasteiger partial charge on any atom is 4.00 e. The summed E-state index contributed by atoms with van der Waals surface area (Å²) in [5.74, 6) is 0. The van der Waals surface area contributed by atoms with E-state index in [1.54, 1.807) is 0 Å². The molecular formula is Co3Ni3O16P4Ti3Zr3. The van der Waals surface area contributed by atoms with Crippen molar-refractivity contribution < 1.29 is 321 Å². The van der Waals surface area contributed by atoms with Gasteiger partial charge >= 0.3 is 78.6 Å². The van der Waals surface area contributed by atoms with Crippen molar-refractivity contribution in [3.8, 4) is 0 Å². The SMILES string of the molecule is O=P([O-])([O-])[O-].O=P([O-])([O-])[O-].O=P([O-])([O-])[O-].O=P([O-])([O-])[O-].[Co].[Co].[Co].[Ni].[Ni].[Ni].[Ti].[Ti].[Ti].[Zr+4].[Zr+4].[Zr+4]. The molecular weight excluding hydrogens is 1150 g/mol. The molecule has 0 N–H and O–H groups in total. The van der Waals surface area contributed by atoms with E-state index in [4.69, 9.17) is 77.0 Å². The topological polar surface area (TPSA) is 345 Å². The second kappa shape index (κ2) is 55.2. The molecule has 32 heavy (non-hydrogen) atoms. The van der Waals surface area contributed by atoms with E-state index in [0.717, 1.165) is 0 Å². The standard InChI is InChI=1S/3Co.3Ni.4H3O4P.3Ti.3Zr/c;;;;;;4*1-5(2,3)4;;;;;;/h;;;;;;4*(H3,1,2,3,4);;;;;;/q;;;;;;;;;;;;;3*+4/p-12. The van der Waals surface area contributed by atoms with Gasteiger partial charge in [0.05, 0.1) is 0 Å². The minimum atomic E-state index is -5.39. The first-order chi connectivity index (χ1) is 8.00. The summed E-state index contributed by atoms with van der Waals surface area (Å²) in [5, 5.41) is 0. The van der Waals surface area contributed by atoms with Crippen LogP contribution in [0.25, 0.3) is 0 Å². The van der Waals surface area contributed by atoms with Crippen LogP contribution in [0, 0.1) is 0 Å². The van der Waals surface area contributed by atoms with E-state index in [1.807, 2.05) is 0 Å². The van der Waals surface area contributed by atoms with E-state index in [2.05, 4.69) is 0 Å². The number of rotatable bonds is 0. The molecule has 0 rings (SSSR count). The molecule has 0 unspecified atom stereocenters. The van der Waals surface area contributed by atoms with E-state index in [9.17, 15) is 0 Å². The Kier molecular flexibility index (Phi) is 182. The van der Waals surface area contributed by atoms with Gasteiger partial charge in [0.25, 0.3) is 0 Å². The van der Waals surface area contributed by atoms with E-state index < -0.39 is 31.3 Å². The summed E-state index contributed by atoms with van der Waals surface area (Å²) in [7, 11) is -21.6. The summed E-state index contributed by atoms with van der Waals surface area (Å²) in [6.07, 6.45) is 0. The van der Waals surface area contributed by atoms with Crippen LogP contribution in [0.1, 0.15) is 0 Å². The van der Waals surface area contributed by atoms with Gasteiger partial charge in [-0.25, -0.2) is 0 Å². The van der Waals surface area contributed by atoms with Gasteiger partial charge in [-0.1, -0.05) is 0 Å². The van der Waals surface area contributed by atoms with Gasteiger partial charge < -0.3 is 77.0 Å². The first-order valence-corrected chi connectivity index (χ1v) is 8.76. The third kappa shape index (κ3) is 782. The monoisotopic (exact) mass is 1140 g/mol. The van der Waals surface area contributed by atoms with Crippen LogP contribution >= 0.6 is 31.3 Å². The molecule has 0 aromatic carbocycles. The summed E-state index contributed by atoms with van der Waals surface area (Å²) in [4.78, 5) is 103. The second-order valence-corrected chi connectivity index (χ2v) is 5.37. The molecule has 16 nitrogen and oxygen atoms in total. The summed E-state index contributed by atoms with van der Waals surface area (Å²) in [6.45, 7) is 0. The Morgan fingerprint density at radius 1 is 0.312 bits per heavy atom. The Bertz CT molecular complexity index is 334. The van der Waals surface area contributed by atoms with E-state index in [0.29, 0.717) is 0 Å². The maximum absolute atomic E-state index is 8.55. The van der Waals surface area contributed by atoms with Gasteiger partial charge in [-0.15, -0.1) is 0 Å². The van der Waals surface area contributed by atoms with Gasteiger partial charge in [0.2, 0.25) is 0 Å². The molecule has 0 amide bonds. The van der Waals surface area contributed by atoms with Crippen LogP contribution in [0.15, 0.2) is 0 Å². The zero-order valence-corrected chi connectivity index (χ0v) is 35.0. The van der Waals surface area contributed by atoms with Crippen molar-refractivity contribution in [2.24, 2.45) is 0 Å². The zero-order valence-electron chi connectivity index (χ0n) is 13.3. The molecule has 0 saturated heterocycles.